The van der Waals surface area contributed by atoms with Crippen LogP contribution in [-0.2, 0) is 17.8 Å². The molecule has 1 saturated heterocycles. The van der Waals surface area contributed by atoms with Crippen LogP contribution in [0.4, 0.5) is 0 Å². The average molecular weight is 388 g/mol. The highest BCUT2D eigenvalue weighted by Gasteiger charge is 2.16. The van der Waals surface area contributed by atoms with Crippen molar-refractivity contribution in [1.29, 1.82) is 0 Å². The summed E-state index contributed by atoms with van der Waals surface area (Å²) in [5, 5.41) is 6.43. The average Bonchev–Trinajstić information content (AvgIpc) is 3.10. The Morgan fingerprint density at radius 2 is 2.04 bits per heavy atom. The molecule has 1 aromatic carbocycles. The predicted octanol–water partition coefficient (Wildman–Crippen LogP) is 2.78. The molecule has 25 heavy (non-hydrogen) atoms. The van der Waals surface area contributed by atoms with Crippen LogP contribution in [0.1, 0.15) is 36.8 Å². The molecule has 1 fully saturated rings. The van der Waals surface area contributed by atoms with Gasteiger partial charge in [0.15, 0.2) is 0 Å². The minimum atomic E-state index is 0. The van der Waals surface area contributed by atoms with Gasteiger partial charge in [-0.3, -0.25) is 9.69 Å². The second-order valence-electron chi connectivity index (χ2n) is 6.90. The Labute approximate surface area is 163 Å². The van der Waals surface area contributed by atoms with Gasteiger partial charge < -0.3 is 10.6 Å². The molecule has 0 aromatic heterocycles. The normalized spacial score (nSPS) is 19.4. The number of hydrogen-bond acceptors (Lipinski definition) is 3. The van der Waals surface area contributed by atoms with Crippen LogP contribution in [-0.4, -0.2) is 43.5 Å². The van der Waals surface area contributed by atoms with E-state index in [1.54, 1.807) is 0 Å². The van der Waals surface area contributed by atoms with Crippen LogP contribution in [0.25, 0.3) is 0 Å². The molecule has 2 aliphatic rings. The first-order valence-electron chi connectivity index (χ1n) is 9.08. The highest BCUT2D eigenvalue weighted by Crippen LogP contribution is 2.18. The Hall–Kier alpha value is -0.810. The summed E-state index contributed by atoms with van der Waals surface area (Å²) in [6, 6.07) is 8.74. The minimum Gasteiger partial charge on any atom is -0.356 e. The number of benzene rings is 1. The van der Waals surface area contributed by atoms with E-state index in [4.69, 9.17) is 0 Å². The third-order valence-electron chi connectivity index (χ3n) is 5.13. The fraction of sp³-hybridized carbons (Fsp3) is 0.632. The van der Waals surface area contributed by atoms with Gasteiger partial charge in [-0.1, -0.05) is 24.3 Å². The van der Waals surface area contributed by atoms with E-state index in [-0.39, 0.29) is 30.7 Å². The molecule has 0 bridgehead atoms. The number of fused-ring (bicyclic) bond motifs is 1. The van der Waals surface area contributed by atoms with E-state index >= 15 is 0 Å². The molecule has 2 heterocycles. The summed E-state index contributed by atoms with van der Waals surface area (Å²) < 4.78 is 0. The van der Waals surface area contributed by atoms with Crippen molar-refractivity contribution >= 4 is 30.7 Å². The maximum atomic E-state index is 11.9. The van der Waals surface area contributed by atoms with Crippen molar-refractivity contribution in [2.45, 2.75) is 38.6 Å². The monoisotopic (exact) mass is 387 g/mol. The molecule has 0 aliphatic carbocycles. The van der Waals surface area contributed by atoms with Gasteiger partial charge in [-0.15, -0.1) is 24.8 Å². The van der Waals surface area contributed by atoms with Gasteiger partial charge in [0.2, 0.25) is 5.91 Å². The van der Waals surface area contributed by atoms with Gasteiger partial charge in [-0.05, 0) is 55.8 Å². The summed E-state index contributed by atoms with van der Waals surface area (Å²) in [6.07, 6.45) is 5.13. The quantitative estimate of drug-likeness (QED) is 0.706. The van der Waals surface area contributed by atoms with Gasteiger partial charge in [-0.25, -0.2) is 0 Å². The summed E-state index contributed by atoms with van der Waals surface area (Å²) in [7, 11) is 0. The molecular formula is C19H31Cl2N3O. The van der Waals surface area contributed by atoms with Crippen LogP contribution in [0.5, 0.6) is 0 Å². The predicted molar refractivity (Wildman–Crippen MR) is 108 cm³/mol. The lowest BCUT2D eigenvalue weighted by Crippen LogP contribution is -2.33. The summed E-state index contributed by atoms with van der Waals surface area (Å²) in [5.74, 6) is 0.926. The molecular weight excluding hydrogens is 357 g/mol. The molecule has 1 amide bonds. The number of hydrogen-bond donors (Lipinski definition) is 2. The van der Waals surface area contributed by atoms with E-state index in [1.807, 2.05) is 0 Å². The Morgan fingerprint density at radius 1 is 1.24 bits per heavy atom. The molecule has 6 heteroatoms. The maximum Gasteiger partial charge on any atom is 0.220 e. The van der Waals surface area contributed by atoms with Gasteiger partial charge in [-0.2, -0.15) is 0 Å². The van der Waals surface area contributed by atoms with E-state index in [0.717, 1.165) is 58.5 Å². The number of halogens is 2. The van der Waals surface area contributed by atoms with Crippen LogP contribution >= 0.6 is 24.8 Å². The van der Waals surface area contributed by atoms with Gasteiger partial charge in [0.05, 0.1) is 0 Å². The summed E-state index contributed by atoms with van der Waals surface area (Å²) in [5.41, 5.74) is 2.96. The molecule has 3 rings (SSSR count). The fourth-order valence-corrected chi connectivity index (χ4v) is 3.66. The minimum absolute atomic E-state index is 0. The molecule has 1 aromatic rings. The second kappa shape index (κ2) is 11.7. The smallest absolute Gasteiger partial charge is 0.220 e. The lowest BCUT2D eigenvalue weighted by Gasteiger charge is -2.28. The molecule has 142 valence electrons. The Bertz CT molecular complexity index is 521. The zero-order valence-electron chi connectivity index (χ0n) is 14.8. The van der Waals surface area contributed by atoms with Crippen molar-refractivity contribution in [3.63, 3.8) is 0 Å². The highest BCUT2D eigenvalue weighted by atomic mass is 35.5. The van der Waals surface area contributed by atoms with Crippen LogP contribution in [0.2, 0.25) is 0 Å². The van der Waals surface area contributed by atoms with Crippen LogP contribution in [0, 0.1) is 5.92 Å². The molecule has 4 nitrogen and oxygen atoms in total. The van der Waals surface area contributed by atoms with E-state index < -0.39 is 0 Å². The molecule has 0 radical (unpaired) electrons. The zero-order chi connectivity index (χ0) is 15.9. The second-order valence-corrected chi connectivity index (χ2v) is 6.90. The highest BCUT2D eigenvalue weighted by molar-refractivity contribution is 5.85. The summed E-state index contributed by atoms with van der Waals surface area (Å²) >= 11 is 0. The number of rotatable bonds is 7. The fourth-order valence-electron chi connectivity index (χ4n) is 3.66. The van der Waals surface area contributed by atoms with Crippen molar-refractivity contribution < 1.29 is 4.79 Å². The molecule has 0 spiro atoms. The first kappa shape index (κ1) is 22.2. The number of nitrogens with zero attached hydrogens (tertiary/aromatic N) is 1. The van der Waals surface area contributed by atoms with Crippen molar-refractivity contribution in [2.75, 3.05) is 32.7 Å². The topological polar surface area (TPSA) is 44.4 Å². The molecule has 2 N–H and O–H groups in total. The van der Waals surface area contributed by atoms with Gasteiger partial charge in [0.1, 0.15) is 0 Å². The summed E-state index contributed by atoms with van der Waals surface area (Å²) in [4.78, 5) is 14.4. The number of nitrogens with one attached hydrogen (secondary N) is 2. The number of amides is 1. The largest absolute Gasteiger partial charge is 0.356 e. The Kier molecular flexibility index (Phi) is 10.4. The number of carbonyl (C=O) groups excluding carboxylic acids is 1. The first-order valence-corrected chi connectivity index (χ1v) is 9.08. The summed E-state index contributed by atoms with van der Waals surface area (Å²) in [6.45, 7) is 6.27. The first-order chi connectivity index (χ1) is 11.3. The van der Waals surface area contributed by atoms with Gasteiger partial charge >= 0.3 is 0 Å². The molecule has 1 atom stereocenters. The third-order valence-corrected chi connectivity index (χ3v) is 5.13. The zero-order valence-corrected chi connectivity index (χ0v) is 16.5. The third kappa shape index (κ3) is 7.14. The standard InChI is InChI=1S/C19H29N3O.2ClH/c23-19(7-6-16-8-11-20-14-16)21-10-3-12-22-13-9-17-4-1-2-5-18(17)15-22;;/h1-2,4-5,16,20H,3,6-15H2,(H,21,23);2*1H. The van der Waals surface area contributed by atoms with Crippen molar-refractivity contribution in [3.8, 4) is 0 Å². The van der Waals surface area contributed by atoms with Crippen molar-refractivity contribution in [3.05, 3.63) is 35.4 Å². The van der Waals surface area contributed by atoms with E-state index in [2.05, 4.69) is 39.8 Å². The Morgan fingerprint density at radius 3 is 2.80 bits per heavy atom. The lowest BCUT2D eigenvalue weighted by molar-refractivity contribution is -0.121. The van der Waals surface area contributed by atoms with Crippen LogP contribution in [0.15, 0.2) is 24.3 Å². The molecule has 1 unspecified atom stereocenters. The van der Waals surface area contributed by atoms with Crippen LogP contribution < -0.4 is 10.6 Å². The number of carbonyl (C=O) groups is 1. The van der Waals surface area contributed by atoms with Gasteiger partial charge in [0, 0.05) is 32.6 Å². The van der Waals surface area contributed by atoms with Crippen LogP contribution in [0.3, 0.4) is 0 Å². The molecule has 2 aliphatic heterocycles. The molecule has 0 saturated carbocycles. The maximum absolute atomic E-state index is 11.9. The van der Waals surface area contributed by atoms with Crippen molar-refractivity contribution in [1.82, 2.24) is 15.5 Å². The van der Waals surface area contributed by atoms with Gasteiger partial charge in [0.25, 0.3) is 0 Å². The lowest BCUT2D eigenvalue weighted by atomic mass is 10.00. The Balaban J connectivity index is 0.00000156. The van der Waals surface area contributed by atoms with E-state index in [1.165, 1.54) is 17.5 Å². The SMILES string of the molecule is Cl.Cl.O=C(CCC1CCNC1)NCCCN1CCc2ccccc2C1. The van der Waals surface area contributed by atoms with E-state index in [9.17, 15) is 4.79 Å². The van der Waals surface area contributed by atoms with E-state index in [0.29, 0.717) is 12.3 Å². The van der Waals surface area contributed by atoms with Crippen molar-refractivity contribution in [2.24, 2.45) is 5.92 Å².